The molecule has 0 unspecified atom stereocenters. The molecule has 1 aliphatic heterocycles. The highest BCUT2D eigenvalue weighted by atomic mass is 35.5. The number of para-hydroxylation sites is 2. The maximum atomic E-state index is 13.2. The van der Waals surface area contributed by atoms with Gasteiger partial charge in [-0.3, -0.25) is 14.5 Å². The number of carbonyl (C=O) groups excluding carboxylic acids is 2. The van der Waals surface area contributed by atoms with Crippen LogP contribution in [-0.2, 0) is 11.3 Å². The van der Waals surface area contributed by atoms with Crippen molar-refractivity contribution in [3.8, 4) is 0 Å². The minimum absolute atomic E-state index is 0.138. The van der Waals surface area contributed by atoms with E-state index < -0.39 is 6.04 Å². The van der Waals surface area contributed by atoms with Gasteiger partial charge in [-0.15, -0.1) is 0 Å². The highest BCUT2D eigenvalue weighted by molar-refractivity contribution is 6.31. The van der Waals surface area contributed by atoms with Crippen LogP contribution >= 0.6 is 23.2 Å². The van der Waals surface area contributed by atoms with Crippen LogP contribution in [0.4, 0.5) is 11.4 Å². The third kappa shape index (κ3) is 3.74. The summed E-state index contributed by atoms with van der Waals surface area (Å²) in [7, 11) is 0. The van der Waals surface area contributed by atoms with E-state index in [1.807, 2.05) is 36.4 Å². The number of benzene rings is 3. The molecule has 3 aromatic rings. The second-order valence-corrected chi connectivity index (χ2v) is 7.77. The molecule has 29 heavy (non-hydrogen) atoms. The molecule has 1 atom stereocenters. The lowest BCUT2D eigenvalue weighted by atomic mass is 10.0. The van der Waals surface area contributed by atoms with E-state index in [0.717, 1.165) is 5.56 Å². The number of amides is 2. The van der Waals surface area contributed by atoms with Crippen LogP contribution in [0, 0.1) is 0 Å². The molecule has 4 nitrogen and oxygen atoms in total. The maximum absolute atomic E-state index is 13.2. The molecule has 0 radical (unpaired) electrons. The van der Waals surface area contributed by atoms with Gasteiger partial charge in [0.25, 0.3) is 5.91 Å². The van der Waals surface area contributed by atoms with Crippen molar-refractivity contribution in [1.29, 1.82) is 0 Å². The predicted molar refractivity (Wildman–Crippen MR) is 117 cm³/mol. The maximum Gasteiger partial charge on any atom is 0.259 e. The van der Waals surface area contributed by atoms with Crippen molar-refractivity contribution in [2.24, 2.45) is 0 Å². The second kappa shape index (κ2) is 7.90. The summed E-state index contributed by atoms with van der Waals surface area (Å²) in [6.07, 6.45) is 0. The van der Waals surface area contributed by atoms with Gasteiger partial charge in [0.15, 0.2) is 0 Å². The number of hydrogen-bond acceptors (Lipinski definition) is 2. The quantitative estimate of drug-likeness (QED) is 0.550. The molecule has 146 valence electrons. The van der Waals surface area contributed by atoms with Crippen molar-refractivity contribution in [2.45, 2.75) is 19.5 Å². The van der Waals surface area contributed by atoms with E-state index in [1.165, 1.54) is 0 Å². The molecule has 0 saturated heterocycles. The summed E-state index contributed by atoms with van der Waals surface area (Å²) in [5, 5.41) is 1.20. The summed E-state index contributed by atoms with van der Waals surface area (Å²) in [6, 6.07) is 20.9. The van der Waals surface area contributed by atoms with Crippen molar-refractivity contribution in [3.05, 3.63) is 94.0 Å². The van der Waals surface area contributed by atoms with E-state index in [1.54, 1.807) is 53.1 Å². The summed E-state index contributed by atoms with van der Waals surface area (Å²) in [4.78, 5) is 29.7. The molecule has 0 fully saturated rings. The molecule has 0 bridgehead atoms. The van der Waals surface area contributed by atoms with Crippen LogP contribution in [-0.4, -0.2) is 17.9 Å². The van der Waals surface area contributed by atoms with Gasteiger partial charge < -0.3 is 4.90 Å². The highest BCUT2D eigenvalue weighted by Gasteiger charge is 2.38. The number of carbonyl (C=O) groups is 2. The minimum atomic E-state index is -0.639. The molecule has 0 spiro atoms. The largest absolute Gasteiger partial charge is 0.304 e. The SMILES string of the molecule is C[C@H]1C(=O)N(Cc2ccc(Cl)cc2)c2ccccc2N1C(=O)c1ccc(Cl)cc1. The van der Waals surface area contributed by atoms with E-state index in [9.17, 15) is 9.59 Å². The molecule has 3 aromatic carbocycles. The first kappa shape index (κ1) is 19.5. The van der Waals surface area contributed by atoms with Crippen LogP contribution in [0.2, 0.25) is 10.0 Å². The second-order valence-electron chi connectivity index (χ2n) is 6.90. The first-order valence-corrected chi connectivity index (χ1v) is 9.95. The zero-order valence-electron chi connectivity index (χ0n) is 15.7. The van der Waals surface area contributed by atoms with E-state index in [0.29, 0.717) is 33.5 Å². The lowest BCUT2D eigenvalue weighted by molar-refractivity contribution is -0.119. The number of anilines is 2. The van der Waals surface area contributed by atoms with Crippen LogP contribution < -0.4 is 9.80 Å². The summed E-state index contributed by atoms with van der Waals surface area (Å²) in [5.41, 5.74) is 2.85. The van der Waals surface area contributed by atoms with Crippen molar-refractivity contribution in [2.75, 3.05) is 9.80 Å². The Labute approximate surface area is 179 Å². The Balaban J connectivity index is 1.73. The number of fused-ring (bicyclic) bond motifs is 1. The van der Waals surface area contributed by atoms with E-state index in [2.05, 4.69) is 0 Å². The lowest BCUT2D eigenvalue weighted by Gasteiger charge is -2.40. The zero-order valence-corrected chi connectivity index (χ0v) is 17.2. The van der Waals surface area contributed by atoms with Gasteiger partial charge in [-0.25, -0.2) is 0 Å². The molecule has 0 saturated carbocycles. The van der Waals surface area contributed by atoms with Gasteiger partial charge in [0.05, 0.1) is 17.9 Å². The van der Waals surface area contributed by atoms with Gasteiger partial charge in [-0.2, -0.15) is 0 Å². The molecule has 6 heteroatoms. The first-order valence-electron chi connectivity index (χ1n) is 9.19. The lowest BCUT2D eigenvalue weighted by Crippen LogP contribution is -2.54. The van der Waals surface area contributed by atoms with Crippen LogP contribution in [0.15, 0.2) is 72.8 Å². The van der Waals surface area contributed by atoms with E-state index >= 15 is 0 Å². The van der Waals surface area contributed by atoms with Crippen LogP contribution in [0.3, 0.4) is 0 Å². The van der Waals surface area contributed by atoms with Crippen molar-refractivity contribution in [1.82, 2.24) is 0 Å². The van der Waals surface area contributed by atoms with Gasteiger partial charge in [-0.1, -0.05) is 47.5 Å². The summed E-state index contributed by atoms with van der Waals surface area (Å²) in [5.74, 6) is -0.373. The number of halogens is 2. The Morgan fingerprint density at radius 3 is 2.03 bits per heavy atom. The molecule has 2 amide bonds. The minimum Gasteiger partial charge on any atom is -0.304 e. The topological polar surface area (TPSA) is 40.6 Å². The van der Waals surface area contributed by atoms with Crippen LogP contribution in [0.25, 0.3) is 0 Å². The standard InChI is InChI=1S/C23H18Cl2N2O2/c1-15-22(28)26(14-16-6-10-18(24)11-7-16)20-4-2-3-5-21(20)27(15)23(29)17-8-12-19(25)13-9-17/h2-13,15H,14H2,1H3/t15-/m0/s1. The zero-order chi connectivity index (χ0) is 20.5. The van der Waals surface area contributed by atoms with Crippen molar-refractivity contribution < 1.29 is 9.59 Å². The first-order chi connectivity index (χ1) is 14.0. The molecule has 1 heterocycles. The van der Waals surface area contributed by atoms with Gasteiger partial charge in [-0.05, 0) is 61.0 Å². The van der Waals surface area contributed by atoms with Gasteiger partial charge in [0, 0.05) is 15.6 Å². The molecule has 0 aromatic heterocycles. The Morgan fingerprint density at radius 2 is 1.41 bits per heavy atom. The third-order valence-electron chi connectivity index (χ3n) is 5.01. The molecular weight excluding hydrogens is 407 g/mol. The van der Waals surface area contributed by atoms with Crippen LogP contribution in [0.5, 0.6) is 0 Å². The number of rotatable bonds is 3. The average molecular weight is 425 g/mol. The van der Waals surface area contributed by atoms with E-state index in [4.69, 9.17) is 23.2 Å². The summed E-state index contributed by atoms with van der Waals surface area (Å²) in [6.45, 7) is 2.15. The fraction of sp³-hybridized carbons (Fsp3) is 0.130. The number of nitrogens with zero attached hydrogens (tertiary/aromatic N) is 2. The van der Waals surface area contributed by atoms with Crippen LogP contribution in [0.1, 0.15) is 22.8 Å². The fourth-order valence-electron chi connectivity index (χ4n) is 3.51. The molecule has 1 aliphatic rings. The predicted octanol–water partition coefficient (Wildman–Crippen LogP) is 5.58. The Kier molecular flexibility index (Phi) is 5.31. The molecule has 0 aliphatic carbocycles. The Bertz CT molecular complexity index is 1060. The van der Waals surface area contributed by atoms with Gasteiger partial charge in [0.2, 0.25) is 5.91 Å². The number of hydrogen-bond donors (Lipinski definition) is 0. The monoisotopic (exact) mass is 424 g/mol. The summed E-state index contributed by atoms with van der Waals surface area (Å²) < 4.78 is 0. The van der Waals surface area contributed by atoms with Gasteiger partial charge >= 0.3 is 0 Å². The Morgan fingerprint density at radius 1 is 0.862 bits per heavy atom. The van der Waals surface area contributed by atoms with Crippen molar-refractivity contribution in [3.63, 3.8) is 0 Å². The molecular formula is C23H18Cl2N2O2. The van der Waals surface area contributed by atoms with Crippen molar-refractivity contribution >= 4 is 46.4 Å². The molecule has 0 N–H and O–H groups in total. The summed E-state index contributed by atoms with van der Waals surface area (Å²) >= 11 is 11.9. The fourth-order valence-corrected chi connectivity index (χ4v) is 3.76. The van der Waals surface area contributed by atoms with Gasteiger partial charge in [0.1, 0.15) is 6.04 Å². The smallest absolute Gasteiger partial charge is 0.259 e. The highest BCUT2D eigenvalue weighted by Crippen LogP contribution is 2.37. The normalized spacial score (nSPS) is 16.0. The average Bonchev–Trinajstić information content (AvgIpc) is 2.73. The van der Waals surface area contributed by atoms with E-state index in [-0.39, 0.29) is 11.8 Å². The molecule has 4 rings (SSSR count). The Hall–Kier alpha value is -2.82. The third-order valence-corrected chi connectivity index (χ3v) is 5.51.